The first-order valence-electron chi connectivity index (χ1n) is 11.6. The van der Waals surface area contributed by atoms with Crippen molar-refractivity contribution in [2.45, 2.75) is 27.4 Å². The number of ether oxygens (including phenoxy) is 2. The SMILES string of the molecule is CCOC(=O)CN1C(=O)S/C(=C/c2cc(C)n(-c3ccc(OCc4ccccc4C#N)cc3)c2C)C1=O. The minimum atomic E-state index is -0.620. The van der Waals surface area contributed by atoms with E-state index in [9.17, 15) is 19.6 Å². The Labute approximate surface area is 219 Å². The fraction of sp³-hybridized carbons (Fsp3) is 0.214. The van der Waals surface area contributed by atoms with E-state index in [1.807, 2.05) is 66.9 Å². The minimum absolute atomic E-state index is 0.180. The molecule has 0 bridgehead atoms. The number of nitrogens with zero attached hydrogens (tertiary/aromatic N) is 3. The van der Waals surface area contributed by atoms with Gasteiger partial charge in [-0.15, -0.1) is 0 Å². The summed E-state index contributed by atoms with van der Waals surface area (Å²) in [4.78, 5) is 38.0. The number of aromatic nitrogens is 1. The third-order valence-electron chi connectivity index (χ3n) is 5.85. The van der Waals surface area contributed by atoms with Crippen LogP contribution in [0, 0.1) is 25.2 Å². The van der Waals surface area contributed by atoms with Gasteiger partial charge in [0.15, 0.2) is 0 Å². The lowest BCUT2D eigenvalue weighted by Crippen LogP contribution is -2.34. The molecule has 1 saturated heterocycles. The fourth-order valence-corrected chi connectivity index (χ4v) is 4.88. The number of benzene rings is 2. The standard InChI is InChI=1S/C28H25N3O5S/c1-4-35-26(32)16-30-27(33)25(37-28(30)34)14-22-13-18(2)31(19(22)3)23-9-11-24(12-10-23)36-17-21-8-6-5-7-20(21)15-29/h5-14H,4,16-17H2,1-3H3/b25-14+. The molecule has 3 aromatic rings. The Balaban J connectivity index is 1.50. The molecule has 0 atom stereocenters. The molecule has 8 nitrogen and oxygen atoms in total. The Morgan fingerprint density at radius 3 is 2.54 bits per heavy atom. The number of imide groups is 1. The molecule has 1 aliphatic rings. The third-order valence-corrected chi connectivity index (χ3v) is 6.76. The molecule has 0 spiro atoms. The van der Waals surface area contributed by atoms with Crippen LogP contribution in [-0.2, 0) is 20.9 Å². The van der Waals surface area contributed by atoms with Gasteiger partial charge in [-0.25, -0.2) is 0 Å². The van der Waals surface area contributed by atoms with E-state index in [4.69, 9.17) is 9.47 Å². The molecule has 2 aromatic carbocycles. The Morgan fingerprint density at radius 2 is 1.84 bits per heavy atom. The molecule has 0 radical (unpaired) electrons. The predicted molar refractivity (Wildman–Crippen MR) is 140 cm³/mol. The molecule has 0 unspecified atom stereocenters. The smallest absolute Gasteiger partial charge is 0.326 e. The van der Waals surface area contributed by atoms with Crippen molar-refractivity contribution < 1.29 is 23.9 Å². The fourth-order valence-electron chi connectivity index (χ4n) is 4.05. The molecule has 0 saturated carbocycles. The van der Waals surface area contributed by atoms with Crippen molar-refractivity contribution in [3.63, 3.8) is 0 Å². The number of hydrogen-bond acceptors (Lipinski definition) is 7. The van der Waals surface area contributed by atoms with E-state index in [0.717, 1.165) is 44.9 Å². The van der Waals surface area contributed by atoms with Gasteiger partial charge in [-0.05, 0) is 80.6 Å². The average Bonchev–Trinajstić information content (AvgIpc) is 3.32. The summed E-state index contributed by atoms with van der Waals surface area (Å²) >= 11 is 0.809. The van der Waals surface area contributed by atoms with Crippen LogP contribution in [0.15, 0.2) is 59.5 Å². The highest BCUT2D eigenvalue weighted by Gasteiger charge is 2.36. The molecule has 2 amide bonds. The van der Waals surface area contributed by atoms with Crippen LogP contribution in [0.3, 0.4) is 0 Å². The molecule has 37 heavy (non-hydrogen) atoms. The van der Waals surface area contributed by atoms with E-state index in [1.54, 1.807) is 19.1 Å². The van der Waals surface area contributed by atoms with Crippen LogP contribution in [0.1, 0.15) is 35.0 Å². The van der Waals surface area contributed by atoms with Gasteiger partial charge in [0, 0.05) is 22.6 Å². The number of esters is 1. The number of carbonyl (C=O) groups excluding carboxylic acids is 3. The van der Waals surface area contributed by atoms with Crippen LogP contribution < -0.4 is 4.74 Å². The number of amides is 2. The quantitative estimate of drug-likeness (QED) is 0.302. The number of carbonyl (C=O) groups is 3. The number of hydrogen-bond donors (Lipinski definition) is 0. The summed E-state index contributed by atoms with van der Waals surface area (Å²) in [5, 5.41) is 8.75. The van der Waals surface area contributed by atoms with Gasteiger partial charge in [0.2, 0.25) is 0 Å². The largest absolute Gasteiger partial charge is 0.489 e. The molecule has 0 N–H and O–H groups in total. The lowest BCUT2D eigenvalue weighted by Gasteiger charge is -2.12. The van der Waals surface area contributed by atoms with Crippen molar-refractivity contribution in [1.82, 2.24) is 9.47 Å². The zero-order valence-corrected chi connectivity index (χ0v) is 21.5. The van der Waals surface area contributed by atoms with Crippen LogP contribution in [0.2, 0.25) is 0 Å². The third kappa shape index (κ3) is 5.60. The number of rotatable bonds is 8. The van der Waals surface area contributed by atoms with Crippen molar-refractivity contribution in [3.8, 4) is 17.5 Å². The van der Waals surface area contributed by atoms with Crippen molar-refractivity contribution in [3.05, 3.63) is 87.6 Å². The molecule has 4 rings (SSSR count). The summed E-state index contributed by atoms with van der Waals surface area (Å²) in [7, 11) is 0. The maximum atomic E-state index is 12.7. The van der Waals surface area contributed by atoms with Crippen molar-refractivity contribution in [1.29, 1.82) is 5.26 Å². The number of aryl methyl sites for hydroxylation is 1. The van der Waals surface area contributed by atoms with Crippen molar-refractivity contribution in [2.24, 2.45) is 0 Å². The Morgan fingerprint density at radius 1 is 1.11 bits per heavy atom. The molecule has 1 aliphatic heterocycles. The van der Waals surface area contributed by atoms with Gasteiger partial charge >= 0.3 is 5.97 Å². The lowest BCUT2D eigenvalue weighted by atomic mass is 10.1. The zero-order chi connectivity index (χ0) is 26.5. The minimum Gasteiger partial charge on any atom is -0.489 e. The summed E-state index contributed by atoms with van der Waals surface area (Å²) in [6.45, 7) is 5.63. The van der Waals surface area contributed by atoms with E-state index < -0.39 is 23.7 Å². The normalized spacial score (nSPS) is 14.2. The summed E-state index contributed by atoms with van der Waals surface area (Å²) < 4.78 is 12.8. The molecular weight excluding hydrogens is 490 g/mol. The van der Waals surface area contributed by atoms with Gasteiger partial charge in [-0.3, -0.25) is 19.3 Å². The summed E-state index contributed by atoms with van der Waals surface area (Å²) in [5.74, 6) is -0.451. The van der Waals surface area contributed by atoms with Gasteiger partial charge in [0.05, 0.1) is 23.1 Å². The van der Waals surface area contributed by atoms with E-state index in [1.165, 1.54) is 0 Å². The molecule has 0 aliphatic carbocycles. The van der Waals surface area contributed by atoms with E-state index >= 15 is 0 Å². The average molecular weight is 516 g/mol. The van der Waals surface area contributed by atoms with E-state index in [0.29, 0.717) is 17.9 Å². The van der Waals surface area contributed by atoms with Crippen LogP contribution in [-0.4, -0.2) is 39.7 Å². The Hall–Kier alpha value is -4.29. The van der Waals surface area contributed by atoms with Gasteiger partial charge in [-0.1, -0.05) is 18.2 Å². The Kier molecular flexibility index (Phi) is 7.80. The summed E-state index contributed by atoms with van der Waals surface area (Å²) in [5.41, 5.74) is 4.96. The van der Waals surface area contributed by atoms with Gasteiger partial charge in [0.1, 0.15) is 18.9 Å². The molecule has 9 heteroatoms. The zero-order valence-electron chi connectivity index (χ0n) is 20.7. The highest BCUT2D eigenvalue weighted by Crippen LogP contribution is 2.34. The maximum absolute atomic E-state index is 12.7. The highest BCUT2D eigenvalue weighted by molar-refractivity contribution is 8.18. The highest BCUT2D eigenvalue weighted by atomic mass is 32.2. The van der Waals surface area contributed by atoms with E-state index in [-0.39, 0.29) is 11.5 Å². The van der Waals surface area contributed by atoms with Crippen molar-refractivity contribution in [2.75, 3.05) is 13.2 Å². The van der Waals surface area contributed by atoms with Crippen LogP contribution in [0.4, 0.5) is 4.79 Å². The van der Waals surface area contributed by atoms with E-state index in [2.05, 4.69) is 6.07 Å². The van der Waals surface area contributed by atoms with Gasteiger partial charge < -0.3 is 14.0 Å². The maximum Gasteiger partial charge on any atom is 0.326 e. The van der Waals surface area contributed by atoms with Crippen LogP contribution in [0.5, 0.6) is 5.75 Å². The second-order valence-corrected chi connectivity index (χ2v) is 9.28. The first-order chi connectivity index (χ1) is 17.8. The summed E-state index contributed by atoms with van der Waals surface area (Å²) in [6.07, 6.45) is 1.68. The van der Waals surface area contributed by atoms with Crippen molar-refractivity contribution >= 4 is 35.0 Å². The monoisotopic (exact) mass is 515 g/mol. The molecule has 1 fully saturated rings. The number of nitriles is 1. The first kappa shape index (κ1) is 25.8. The molecule has 2 heterocycles. The molecule has 1 aromatic heterocycles. The Bertz CT molecular complexity index is 1430. The van der Waals surface area contributed by atoms with Crippen LogP contribution in [0.25, 0.3) is 11.8 Å². The second-order valence-electron chi connectivity index (χ2n) is 8.29. The summed E-state index contributed by atoms with van der Waals surface area (Å²) in [6, 6.07) is 19.0. The molecular formula is C28H25N3O5S. The predicted octanol–water partition coefficient (Wildman–Crippen LogP) is 5.14. The second kappa shape index (κ2) is 11.2. The molecule has 188 valence electrons. The van der Waals surface area contributed by atoms with Crippen LogP contribution >= 0.6 is 11.8 Å². The van der Waals surface area contributed by atoms with Gasteiger partial charge in [-0.2, -0.15) is 5.26 Å². The van der Waals surface area contributed by atoms with Gasteiger partial charge in [0.25, 0.3) is 11.1 Å². The number of thioether (sulfide) groups is 1. The lowest BCUT2D eigenvalue weighted by molar-refractivity contribution is -0.145. The topological polar surface area (TPSA) is 102 Å². The first-order valence-corrected chi connectivity index (χ1v) is 12.4.